The van der Waals surface area contributed by atoms with E-state index in [1.54, 1.807) is 0 Å². The van der Waals surface area contributed by atoms with Gasteiger partial charge in [0.2, 0.25) is 0 Å². The SMILES string of the molecule is COC(=O)c1ccc(Cl)c(NC(=O)C(C)(N)C(F)(F)F)c1. The highest BCUT2D eigenvalue weighted by Crippen LogP contribution is 2.30. The largest absolute Gasteiger partial charge is 0.465 e. The third-order valence-electron chi connectivity index (χ3n) is 2.70. The fourth-order valence-electron chi connectivity index (χ4n) is 1.25. The molecule has 9 heteroatoms. The fourth-order valence-corrected chi connectivity index (χ4v) is 1.41. The van der Waals surface area contributed by atoms with E-state index in [0.717, 1.165) is 13.2 Å². The number of esters is 1. The summed E-state index contributed by atoms with van der Waals surface area (Å²) in [5.74, 6) is -2.23. The number of halogens is 4. The highest BCUT2D eigenvalue weighted by Gasteiger charge is 2.54. The lowest BCUT2D eigenvalue weighted by molar-refractivity contribution is -0.184. The zero-order valence-electron chi connectivity index (χ0n) is 11.0. The Morgan fingerprint density at radius 2 is 1.90 bits per heavy atom. The van der Waals surface area contributed by atoms with E-state index in [-0.39, 0.29) is 16.3 Å². The highest BCUT2D eigenvalue weighted by molar-refractivity contribution is 6.34. The van der Waals surface area contributed by atoms with Crippen LogP contribution in [0.25, 0.3) is 0 Å². The molecule has 0 saturated heterocycles. The van der Waals surface area contributed by atoms with Gasteiger partial charge in [0.1, 0.15) is 0 Å². The van der Waals surface area contributed by atoms with Crippen LogP contribution in [0, 0.1) is 0 Å². The fraction of sp³-hybridized carbons (Fsp3) is 0.333. The van der Waals surface area contributed by atoms with Crippen LogP contribution >= 0.6 is 11.6 Å². The van der Waals surface area contributed by atoms with E-state index in [0.29, 0.717) is 6.92 Å². The van der Waals surface area contributed by atoms with Crippen molar-refractivity contribution in [1.29, 1.82) is 0 Å². The molecule has 0 saturated carbocycles. The molecule has 1 unspecified atom stereocenters. The van der Waals surface area contributed by atoms with Crippen LogP contribution < -0.4 is 11.1 Å². The van der Waals surface area contributed by atoms with Gasteiger partial charge in [-0.05, 0) is 25.1 Å². The molecule has 1 rings (SSSR count). The number of rotatable bonds is 3. The summed E-state index contributed by atoms with van der Waals surface area (Å²) in [4.78, 5) is 23.0. The summed E-state index contributed by atoms with van der Waals surface area (Å²) in [6.45, 7) is 0.528. The molecule has 0 bridgehead atoms. The predicted molar refractivity (Wildman–Crippen MR) is 70.1 cm³/mol. The number of anilines is 1. The normalized spacial score (nSPS) is 14.2. The van der Waals surface area contributed by atoms with Crippen molar-refractivity contribution in [2.45, 2.75) is 18.6 Å². The van der Waals surface area contributed by atoms with Gasteiger partial charge in [-0.25, -0.2) is 4.79 Å². The Morgan fingerprint density at radius 3 is 2.38 bits per heavy atom. The van der Waals surface area contributed by atoms with Crippen LogP contribution in [0.2, 0.25) is 5.02 Å². The van der Waals surface area contributed by atoms with Crippen molar-refractivity contribution >= 4 is 29.2 Å². The van der Waals surface area contributed by atoms with Gasteiger partial charge in [-0.3, -0.25) is 4.79 Å². The molecule has 0 aliphatic heterocycles. The number of benzene rings is 1. The quantitative estimate of drug-likeness (QED) is 0.836. The smallest absolute Gasteiger partial charge is 0.415 e. The highest BCUT2D eigenvalue weighted by atomic mass is 35.5. The molecule has 3 N–H and O–H groups in total. The van der Waals surface area contributed by atoms with E-state index in [9.17, 15) is 22.8 Å². The first-order valence-corrected chi connectivity index (χ1v) is 5.93. The van der Waals surface area contributed by atoms with Crippen LogP contribution in [0.5, 0.6) is 0 Å². The molecule has 21 heavy (non-hydrogen) atoms. The first-order chi connectivity index (χ1) is 9.50. The average Bonchev–Trinajstić information content (AvgIpc) is 2.38. The van der Waals surface area contributed by atoms with Crippen molar-refractivity contribution in [2.75, 3.05) is 12.4 Å². The minimum Gasteiger partial charge on any atom is -0.465 e. The maximum absolute atomic E-state index is 12.7. The number of hydrogen-bond acceptors (Lipinski definition) is 4. The molecule has 0 heterocycles. The number of hydrogen-bond donors (Lipinski definition) is 2. The van der Waals surface area contributed by atoms with Gasteiger partial charge in [-0.15, -0.1) is 0 Å². The van der Waals surface area contributed by atoms with Gasteiger partial charge in [0.25, 0.3) is 5.91 Å². The van der Waals surface area contributed by atoms with Crippen molar-refractivity contribution in [3.8, 4) is 0 Å². The topological polar surface area (TPSA) is 81.4 Å². The molecular weight excluding hydrogens is 313 g/mol. The van der Waals surface area contributed by atoms with Crippen LogP contribution in [0.3, 0.4) is 0 Å². The second-order valence-electron chi connectivity index (χ2n) is 4.34. The lowest BCUT2D eigenvalue weighted by Gasteiger charge is -2.26. The number of ether oxygens (including phenoxy) is 1. The van der Waals surface area contributed by atoms with E-state index in [2.05, 4.69) is 4.74 Å². The molecule has 1 amide bonds. The van der Waals surface area contributed by atoms with Crippen molar-refractivity contribution < 1.29 is 27.5 Å². The van der Waals surface area contributed by atoms with Crippen LogP contribution in [-0.2, 0) is 9.53 Å². The summed E-state index contributed by atoms with van der Waals surface area (Å²) < 4.78 is 42.4. The summed E-state index contributed by atoms with van der Waals surface area (Å²) in [6, 6.07) is 3.64. The Kier molecular flexibility index (Phi) is 4.85. The summed E-state index contributed by atoms with van der Waals surface area (Å²) in [7, 11) is 1.13. The molecule has 0 radical (unpaired) electrons. The molecule has 0 spiro atoms. The Morgan fingerprint density at radius 1 is 1.33 bits per heavy atom. The number of carbonyl (C=O) groups excluding carboxylic acids is 2. The van der Waals surface area contributed by atoms with Crippen molar-refractivity contribution in [1.82, 2.24) is 0 Å². The van der Waals surface area contributed by atoms with Gasteiger partial charge < -0.3 is 15.8 Å². The summed E-state index contributed by atoms with van der Waals surface area (Å²) in [5.41, 5.74) is 1.73. The summed E-state index contributed by atoms with van der Waals surface area (Å²) in [6.07, 6.45) is -4.94. The van der Waals surface area contributed by atoms with Crippen LogP contribution in [0.1, 0.15) is 17.3 Å². The molecule has 116 valence electrons. The molecule has 1 atom stereocenters. The van der Waals surface area contributed by atoms with Crippen molar-refractivity contribution in [3.05, 3.63) is 28.8 Å². The molecule has 0 aliphatic carbocycles. The minimum absolute atomic E-state index is 0.0166. The number of carbonyl (C=O) groups is 2. The van der Waals surface area contributed by atoms with Crippen LogP contribution in [0.4, 0.5) is 18.9 Å². The number of nitrogens with two attached hydrogens (primary N) is 1. The molecule has 0 aromatic heterocycles. The second kappa shape index (κ2) is 5.90. The van der Waals surface area contributed by atoms with Gasteiger partial charge in [0.15, 0.2) is 5.54 Å². The van der Waals surface area contributed by atoms with E-state index < -0.39 is 23.6 Å². The third-order valence-corrected chi connectivity index (χ3v) is 3.03. The Hall–Kier alpha value is -1.80. The molecule has 1 aromatic rings. The monoisotopic (exact) mass is 324 g/mol. The molecular formula is C12H12ClF3N2O3. The first kappa shape index (κ1) is 17.3. The second-order valence-corrected chi connectivity index (χ2v) is 4.75. The van der Waals surface area contributed by atoms with E-state index in [1.807, 2.05) is 5.32 Å². The number of methoxy groups -OCH3 is 1. The first-order valence-electron chi connectivity index (χ1n) is 5.55. The Labute approximate surface area is 123 Å². The van der Waals surface area contributed by atoms with Crippen molar-refractivity contribution in [3.63, 3.8) is 0 Å². The maximum atomic E-state index is 12.7. The Bertz CT molecular complexity index is 573. The number of alkyl halides is 3. The van der Waals surface area contributed by atoms with Gasteiger partial charge in [-0.2, -0.15) is 13.2 Å². The minimum atomic E-state index is -4.94. The van der Waals surface area contributed by atoms with Gasteiger partial charge in [0, 0.05) is 0 Å². The number of amides is 1. The molecule has 5 nitrogen and oxygen atoms in total. The predicted octanol–water partition coefficient (Wildman–Crippen LogP) is 2.34. The lowest BCUT2D eigenvalue weighted by atomic mass is 10.0. The van der Waals surface area contributed by atoms with E-state index in [1.165, 1.54) is 12.1 Å². The van der Waals surface area contributed by atoms with E-state index >= 15 is 0 Å². The third kappa shape index (κ3) is 3.64. The van der Waals surface area contributed by atoms with E-state index in [4.69, 9.17) is 17.3 Å². The van der Waals surface area contributed by atoms with Gasteiger partial charge >= 0.3 is 12.1 Å². The molecule has 0 aliphatic rings. The van der Waals surface area contributed by atoms with Gasteiger partial charge in [-0.1, -0.05) is 11.6 Å². The average molecular weight is 325 g/mol. The zero-order valence-corrected chi connectivity index (χ0v) is 11.8. The summed E-state index contributed by atoms with van der Waals surface area (Å²) >= 11 is 5.76. The van der Waals surface area contributed by atoms with Crippen molar-refractivity contribution in [2.24, 2.45) is 5.73 Å². The van der Waals surface area contributed by atoms with Crippen LogP contribution in [0.15, 0.2) is 18.2 Å². The Balaban J connectivity index is 3.08. The maximum Gasteiger partial charge on any atom is 0.415 e. The summed E-state index contributed by atoms with van der Waals surface area (Å²) in [5, 5.41) is 1.91. The standard InChI is InChI=1S/C12H12ClF3N2O3/c1-11(17,12(14,15)16)10(20)18-8-5-6(9(19)21-2)3-4-7(8)13/h3-5H,17H2,1-2H3,(H,18,20). The zero-order chi connectivity index (χ0) is 16.4. The lowest BCUT2D eigenvalue weighted by Crippen LogP contribution is -2.59. The van der Waals surface area contributed by atoms with Gasteiger partial charge in [0.05, 0.1) is 23.4 Å². The molecule has 0 fully saturated rings. The molecule has 1 aromatic carbocycles. The number of nitrogens with one attached hydrogen (secondary N) is 1. The van der Waals surface area contributed by atoms with Crippen LogP contribution in [-0.4, -0.2) is 30.7 Å².